The summed E-state index contributed by atoms with van der Waals surface area (Å²) in [5.41, 5.74) is -0.0780. The van der Waals surface area contributed by atoms with Crippen molar-refractivity contribution in [3.8, 4) is 0 Å². The van der Waals surface area contributed by atoms with Crippen LogP contribution in [0, 0.1) is 41.4 Å². The first-order valence-corrected chi connectivity index (χ1v) is 18.6. The highest BCUT2D eigenvalue weighted by molar-refractivity contribution is 7.89. The van der Waals surface area contributed by atoms with Crippen molar-refractivity contribution in [2.45, 2.75) is 65.4 Å². The topological polar surface area (TPSA) is 127 Å². The molecular weight excluding hydrogens is 592 g/mol. The second-order valence-corrected chi connectivity index (χ2v) is 17.7. The standard InChI is InChI=1S/C34H52N4O6S/c1-24-7-5-6-8-29(24)36-13-15-37(16-14-36)45(43,44)23-33-12-9-27(32(33,3)4)19-34(33,42)25(2)20-35-31(41)28-21-38(22-30(39)40)17-10-26(28)11-18-38/h5-8,25-28,42H,9-23H2,1-4H3,(H-,35,39,40,41)/p+1/t25?,26?,27-,28?,33-,34-,38?/m0/s1. The molecule has 7 rings (SSSR count). The Bertz CT molecular complexity index is 1420. The summed E-state index contributed by atoms with van der Waals surface area (Å²) in [7, 11) is -3.66. The van der Waals surface area contributed by atoms with Gasteiger partial charge in [0.25, 0.3) is 0 Å². The van der Waals surface area contributed by atoms with Crippen LogP contribution >= 0.6 is 0 Å². The van der Waals surface area contributed by atoms with Gasteiger partial charge in [-0.1, -0.05) is 39.0 Å². The zero-order valence-corrected chi connectivity index (χ0v) is 28.3. The minimum absolute atomic E-state index is 0.0566. The van der Waals surface area contributed by atoms with E-state index < -0.39 is 27.0 Å². The van der Waals surface area contributed by atoms with E-state index in [0.717, 1.165) is 38.0 Å². The van der Waals surface area contributed by atoms with Crippen molar-refractivity contribution in [1.29, 1.82) is 0 Å². The molecule has 1 aromatic carbocycles. The third-order valence-electron chi connectivity index (χ3n) is 13.4. The Labute approximate surface area is 268 Å². The number of hydrogen-bond acceptors (Lipinski definition) is 6. The first-order valence-electron chi connectivity index (χ1n) is 17.0. The van der Waals surface area contributed by atoms with Crippen molar-refractivity contribution in [2.75, 3.05) is 69.6 Å². The summed E-state index contributed by atoms with van der Waals surface area (Å²) in [6.45, 7) is 12.9. The number of benzene rings is 1. The van der Waals surface area contributed by atoms with Gasteiger partial charge in [-0.3, -0.25) is 4.79 Å². The number of carboxylic acids is 1. The number of nitrogens with zero attached hydrogens (tertiary/aromatic N) is 3. The molecule has 250 valence electrons. The number of sulfonamides is 1. The van der Waals surface area contributed by atoms with Crippen molar-refractivity contribution >= 4 is 27.6 Å². The fourth-order valence-electron chi connectivity index (χ4n) is 10.4. The van der Waals surface area contributed by atoms with Crippen LogP contribution in [0.5, 0.6) is 0 Å². The largest absolute Gasteiger partial charge is 0.477 e. The van der Waals surface area contributed by atoms with Crippen molar-refractivity contribution in [3.05, 3.63) is 29.8 Å². The van der Waals surface area contributed by atoms with E-state index in [1.54, 1.807) is 4.31 Å². The molecule has 4 bridgehead atoms. The lowest BCUT2D eigenvalue weighted by atomic mass is 9.60. The summed E-state index contributed by atoms with van der Waals surface area (Å²) in [4.78, 5) is 27.4. The van der Waals surface area contributed by atoms with E-state index in [-0.39, 0.29) is 53.8 Å². The van der Waals surface area contributed by atoms with Gasteiger partial charge < -0.3 is 24.9 Å². The van der Waals surface area contributed by atoms with Crippen molar-refractivity contribution in [1.82, 2.24) is 9.62 Å². The Morgan fingerprint density at radius 2 is 1.76 bits per heavy atom. The van der Waals surface area contributed by atoms with Crippen molar-refractivity contribution in [2.24, 2.45) is 34.5 Å². The summed E-state index contributed by atoms with van der Waals surface area (Å²) in [6, 6.07) is 8.20. The van der Waals surface area contributed by atoms with Gasteiger partial charge in [-0.05, 0) is 55.1 Å². The lowest BCUT2D eigenvalue weighted by Crippen LogP contribution is -2.65. The van der Waals surface area contributed by atoms with Gasteiger partial charge in [0.1, 0.15) is 0 Å². The van der Waals surface area contributed by atoms with Crippen LogP contribution in [-0.2, 0) is 19.6 Å². The van der Waals surface area contributed by atoms with E-state index in [4.69, 9.17) is 0 Å². The molecule has 5 atom stereocenters. The number of carbonyl (C=O) groups excluding carboxylic acids is 1. The summed E-state index contributed by atoms with van der Waals surface area (Å²) in [6.07, 6.45) is 3.82. The number of piperazine rings is 1. The number of aryl methyl sites for hydroxylation is 1. The minimum atomic E-state index is -3.66. The van der Waals surface area contributed by atoms with Crippen LogP contribution in [0.15, 0.2) is 24.3 Å². The maximum absolute atomic E-state index is 14.2. The van der Waals surface area contributed by atoms with E-state index in [1.165, 1.54) is 5.56 Å². The highest BCUT2D eigenvalue weighted by Gasteiger charge is 2.73. The number of carbonyl (C=O) groups is 2. The van der Waals surface area contributed by atoms with Crippen LogP contribution in [0.1, 0.15) is 58.4 Å². The maximum atomic E-state index is 14.2. The van der Waals surface area contributed by atoms with Gasteiger partial charge in [0.2, 0.25) is 15.9 Å². The smallest absolute Gasteiger partial charge is 0.359 e. The molecule has 1 amide bonds. The van der Waals surface area contributed by atoms with Crippen LogP contribution in [0.3, 0.4) is 0 Å². The number of fused-ring (bicyclic) bond motifs is 5. The van der Waals surface area contributed by atoms with Crippen LogP contribution in [0.2, 0.25) is 0 Å². The molecule has 0 aromatic heterocycles. The van der Waals surface area contributed by atoms with Gasteiger partial charge in [-0.15, -0.1) is 0 Å². The van der Waals surface area contributed by atoms with Gasteiger partial charge in [-0.2, -0.15) is 4.31 Å². The second kappa shape index (κ2) is 11.5. The quantitative estimate of drug-likeness (QED) is 0.334. The predicted octanol–water partition coefficient (Wildman–Crippen LogP) is 2.70. The molecule has 3 N–H and O–H groups in total. The molecule has 4 saturated heterocycles. The SMILES string of the molecule is Cc1ccccc1N1CCN(S(=O)(=O)C[C@]23CC[C@@H](C[C@]2(O)C(C)CNC(=O)C2C[N+]4(CC(=O)O)CCC2CC4)C3(C)C)CC1. The van der Waals surface area contributed by atoms with Crippen LogP contribution in [-0.4, -0.2) is 110 Å². The predicted molar refractivity (Wildman–Crippen MR) is 173 cm³/mol. The van der Waals surface area contributed by atoms with Crippen LogP contribution < -0.4 is 10.2 Å². The molecule has 6 aliphatic rings. The molecule has 2 saturated carbocycles. The maximum Gasteiger partial charge on any atom is 0.359 e. The fraction of sp³-hybridized carbons (Fsp3) is 0.765. The number of carboxylic acid groups (broad SMARTS) is 1. The van der Waals surface area contributed by atoms with Crippen molar-refractivity contribution in [3.63, 3.8) is 0 Å². The lowest BCUT2D eigenvalue weighted by molar-refractivity contribution is -0.939. The first-order chi connectivity index (χ1) is 21.1. The zero-order chi connectivity index (χ0) is 32.4. The van der Waals surface area contributed by atoms with E-state index >= 15 is 0 Å². The molecule has 2 unspecified atom stereocenters. The lowest BCUT2D eigenvalue weighted by Gasteiger charge is -2.52. The molecule has 0 spiro atoms. The number of hydrogen-bond donors (Lipinski definition) is 3. The van der Waals surface area contributed by atoms with E-state index in [1.807, 2.05) is 19.1 Å². The third kappa shape index (κ3) is 5.39. The number of nitrogens with one attached hydrogen (secondary N) is 1. The minimum Gasteiger partial charge on any atom is -0.477 e. The summed E-state index contributed by atoms with van der Waals surface area (Å²) >= 11 is 0. The van der Waals surface area contributed by atoms with Gasteiger partial charge in [0.15, 0.2) is 6.54 Å². The van der Waals surface area contributed by atoms with Crippen LogP contribution in [0.25, 0.3) is 0 Å². The number of piperidine rings is 3. The molecule has 10 nitrogen and oxygen atoms in total. The number of para-hydroxylation sites is 1. The molecule has 6 fully saturated rings. The fourth-order valence-corrected chi connectivity index (χ4v) is 12.7. The Balaban J connectivity index is 1.14. The normalized spacial score (nSPS) is 36.6. The molecule has 4 heterocycles. The Morgan fingerprint density at radius 3 is 2.38 bits per heavy atom. The van der Waals surface area contributed by atoms with Gasteiger partial charge >= 0.3 is 5.97 Å². The van der Waals surface area contributed by atoms with Crippen molar-refractivity contribution < 1.29 is 32.7 Å². The molecule has 0 radical (unpaired) electrons. The number of aliphatic carboxylic acids is 1. The average molecular weight is 646 g/mol. The molecule has 11 heteroatoms. The monoisotopic (exact) mass is 645 g/mol. The van der Waals surface area contributed by atoms with Gasteiger partial charge in [0, 0.05) is 62.6 Å². The molecule has 2 aliphatic carbocycles. The molecule has 4 aliphatic heterocycles. The Hall–Kier alpha value is -2.21. The highest BCUT2D eigenvalue weighted by atomic mass is 32.2. The van der Waals surface area contributed by atoms with Crippen LogP contribution in [0.4, 0.5) is 5.69 Å². The highest BCUT2D eigenvalue weighted by Crippen LogP contribution is 2.71. The number of amides is 1. The van der Waals surface area contributed by atoms with Gasteiger partial charge in [0.05, 0.1) is 36.9 Å². The number of quaternary nitrogens is 1. The summed E-state index contributed by atoms with van der Waals surface area (Å²) < 4.78 is 30.4. The Kier molecular flexibility index (Phi) is 8.35. The summed E-state index contributed by atoms with van der Waals surface area (Å²) in [5.74, 6) is -1.03. The first kappa shape index (κ1) is 32.7. The third-order valence-corrected chi connectivity index (χ3v) is 15.4. The average Bonchev–Trinajstić information content (AvgIpc) is 3.33. The van der Waals surface area contributed by atoms with E-state index in [9.17, 15) is 28.2 Å². The zero-order valence-electron chi connectivity index (χ0n) is 27.5. The van der Waals surface area contributed by atoms with Gasteiger partial charge in [-0.25, -0.2) is 13.2 Å². The molecular formula is C34H53N4O6S+. The van der Waals surface area contributed by atoms with E-state index in [2.05, 4.69) is 43.1 Å². The number of anilines is 1. The Morgan fingerprint density at radius 1 is 1.09 bits per heavy atom. The molecule has 45 heavy (non-hydrogen) atoms. The number of aliphatic hydroxyl groups is 1. The molecule has 1 aromatic rings. The van der Waals surface area contributed by atoms with E-state index in [0.29, 0.717) is 50.0 Å². The number of rotatable bonds is 10. The summed E-state index contributed by atoms with van der Waals surface area (Å²) in [5, 5.41) is 25.2. The second-order valence-electron chi connectivity index (χ2n) is 15.7.